The van der Waals surface area contributed by atoms with Gasteiger partial charge in [0, 0.05) is 24.1 Å². The highest BCUT2D eigenvalue weighted by Gasteiger charge is 2.34. The van der Waals surface area contributed by atoms with Gasteiger partial charge in [0.1, 0.15) is 6.04 Å². The van der Waals surface area contributed by atoms with E-state index in [1.54, 1.807) is 25.7 Å². The van der Waals surface area contributed by atoms with E-state index in [1.165, 1.54) is 0 Å². The molecular weight excluding hydrogens is 252 g/mol. The molecule has 0 bridgehead atoms. The lowest BCUT2D eigenvalue weighted by atomic mass is 9.87. The Kier molecular flexibility index (Phi) is 4.90. The molecule has 1 rings (SSSR count). The van der Waals surface area contributed by atoms with Crippen LogP contribution in [0.5, 0.6) is 0 Å². The first-order valence-electron chi connectivity index (χ1n) is 6.11. The second kappa shape index (κ2) is 5.82. The Morgan fingerprint density at radius 3 is 2.50 bits per heavy atom. The lowest BCUT2D eigenvalue weighted by Gasteiger charge is -2.34. The molecule has 0 aromatic carbocycles. The number of urea groups is 1. The summed E-state index contributed by atoms with van der Waals surface area (Å²) in [5.41, 5.74) is -0.502. The molecule has 1 saturated heterocycles. The van der Waals surface area contributed by atoms with Crippen LogP contribution in [0.15, 0.2) is 0 Å². The van der Waals surface area contributed by atoms with Crippen molar-refractivity contribution in [1.29, 1.82) is 0 Å². The topological polar surface area (TPSA) is 69.6 Å². The van der Waals surface area contributed by atoms with E-state index in [9.17, 15) is 14.7 Å². The van der Waals surface area contributed by atoms with Gasteiger partial charge in [-0.2, -0.15) is 11.8 Å². The maximum Gasteiger partial charge on any atom is 0.326 e. The standard InChI is InChI=1S/C12H22N2O3S/c1-8-7-14(5-6-18-8)11(17)13-9(10(15)16)12(2,3)4/h8-9H,5-7H2,1-4H3,(H,13,17)(H,15,16)/t8?,9-/m1/s1. The van der Waals surface area contributed by atoms with E-state index in [-0.39, 0.29) is 6.03 Å². The van der Waals surface area contributed by atoms with E-state index in [2.05, 4.69) is 12.2 Å². The average Bonchev–Trinajstić information content (AvgIpc) is 2.23. The summed E-state index contributed by atoms with van der Waals surface area (Å²) in [4.78, 5) is 24.9. The highest BCUT2D eigenvalue weighted by Crippen LogP contribution is 2.21. The molecule has 2 amide bonds. The number of carbonyl (C=O) groups excluding carboxylic acids is 1. The van der Waals surface area contributed by atoms with Crippen LogP contribution in [0.25, 0.3) is 0 Å². The summed E-state index contributed by atoms with van der Waals surface area (Å²) in [6, 6.07) is -1.14. The van der Waals surface area contributed by atoms with Crippen molar-refractivity contribution < 1.29 is 14.7 Å². The maximum atomic E-state index is 12.0. The van der Waals surface area contributed by atoms with Crippen LogP contribution in [0, 0.1) is 5.41 Å². The van der Waals surface area contributed by atoms with E-state index in [0.29, 0.717) is 18.3 Å². The van der Waals surface area contributed by atoms with Gasteiger partial charge >= 0.3 is 12.0 Å². The zero-order valence-corrected chi connectivity index (χ0v) is 12.2. The molecule has 0 spiro atoms. The van der Waals surface area contributed by atoms with Crippen molar-refractivity contribution in [2.45, 2.75) is 39.0 Å². The maximum absolute atomic E-state index is 12.0. The quantitative estimate of drug-likeness (QED) is 0.803. The van der Waals surface area contributed by atoms with Gasteiger partial charge in [0.2, 0.25) is 0 Å². The number of carbonyl (C=O) groups is 2. The molecule has 104 valence electrons. The molecular formula is C12H22N2O3S. The van der Waals surface area contributed by atoms with Gasteiger partial charge in [-0.3, -0.25) is 0 Å². The van der Waals surface area contributed by atoms with Crippen LogP contribution in [0.3, 0.4) is 0 Å². The third-order valence-electron chi connectivity index (χ3n) is 2.91. The number of thioether (sulfide) groups is 1. The van der Waals surface area contributed by atoms with Crippen LogP contribution in [-0.4, -0.2) is 52.1 Å². The summed E-state index contributed by atoms with van der Waals surface area (Å²) >= 11 is 1.83. The Hall–Kier alpha value is -0.910. The summed E-state index contributed by atoms with van der Waals surface area (Å²) in [5.74, 6) is -0.0859. The lowest BCUT2D eigenvalue weighted by Crippen LogP contribution is -2.55. The van der Waals surface area contributed by atoms with Crippen LogP contribution in [0.2, 0.25) is 0 Å². The van der Waals surface area contributed by atoms with Crippen LogP contribution in [0.1, 0.15) is 27.7 Å². The number of aliphatic carboxylic acids is 1. The molecule has 1 aliphatic heterocycles. The molecule has 0 aromatic heterocycles. The smallest absolute Gasteiger partial charge is 0.326 e. The molecule has 1 unspecified atom stereocenters. The van der Waals surface area contributed by atoms with Crippen LogP contribution in [-0.2, 0) is 4.79 Å². The molecule has 1 fully saturated rings. The summed E-state index contributed by atoms with van der Waals surface area (Å²) < 4.78 is 0. The van der Waals surface area contributed by atoms with Crippen molar-refractivity contribution in [2.75, 3.05) is 18.8 Å². The minimum atomic E-state index is -0.990. The van der Waals surface area contributed by atoms with Gasteiger partial charge in [-0.05, 0) is 5.41 Å². The Morgan fingerprint density at radius 2 is 2.06 bits per heavy atom. The average molecular weight is 274 g/mol. The van der Waals surface area contributed by atoms with E-state index in [4.69, 9.17) is 0 Å². The molecule has 0 aromatic rings. The van der Waals surface area contributed by atoms with Crippen LogP contribution >= 0.6 is 11.8 Å². The molecule has 18 heavy (non-hydrogen) atoms. The fraction of sp³-hybridized carbons (Fsp3) is 0.833. The van der Waals surface area contributed by atoms with Gasteiger partial charge in [-0.1, -0.05) is 27.7 Å². The Balaban J connectivity index is 2.64. The number of carboxylic acid groups (broad SMARTS) is 1. The molecule has 2 N–H and O–H groups in total. The second-order valence-electron chi connectivity index (χ2n) is 5.71. The molecule has 0 radical (unpaired) electrons. The van der Waals surface area contributed by atoms with Crippen molar-refractivity contribution >= 4 is 23.8 Å². The number of nitrogens with zero attached hydrogens (tertiary/aromatic N) is 1. The van der Waals surface area contributed by atoms with Crippen molar-refractivity contribution in [3.8, 4) is 0 Å². The van der Waals surface area contributed by atoms with E-state index >= 15 is 0 Å². The van der Waals surface area contributed by atoms with Crippen molar-refractivity contribution in [2.24, 2.45) is 5.41 Å². The van der Waals surface area contributed by atoms with E-state index in [0.717, 1.165) is 5.75 Å². The molecule has 6 heteroatoms. The van der Waals surface area contributed by atoms with Crippen LogP contribution < -0.4 is 5.32 Å². The van der Waals surface area contributed by atoms with Gasteiger partial charge in [-0.15, -0.1) is 0 Å². The SMILES string of the molecule is CC1CN(C(=O)N[C@H](C(=O)O)C(C)(C)C)CCS1. The number of carboxylic acids is 1. The molecule has 0 saturated carbocycles. The number of amides is 2. The highest BCUT2D eigenvalue weighted by molar-refractivity contribution is 7.99. The zero-order chi connectivity index (χ0) is 13.9. The van der Waals surface area contributed by atoms with Crippen molar-refractivity contribution in [3.63, 3.8) is 0 Å². The summed E-state index contributed by atoms with van der Waals surface area (Å²) in [6.45, 7) is 8.84. The van der Waals surface area contributed by atoms with Crippen molar-refractivity contribution in [1.82, 2.24) is 10.2 Å². The predicted molar refractivity (Wildman–Crippen MR) is 72.9 cm³/mol. The minimum Gasteiger partial charge on any atom is -0.480 e. The normalized spacial score (nSPS) is 22.4. The van der Waals surface area contributed by atoms with Gasteiger partial charge < -0.3 is 15.3 Å². The second-order valence-corrected chi connectivity index (χ2v) is 7.26. The first kappa shape index (κ1) is 15.1. The molecule has 1 heterocycles. The summed E-state index contributed by atoms with van der Waals surface area (Å²) in [5, 5.41) is 12.2. The van der Waals surface area contributed by atoms with E-state index < -0.39 is 17.4 Å². The van der Waals surface area contributed by atoms with Crippen molar-refractivity contribution in [3.05, 3.63) is 0 Å². The fourth-order valence-electron chi connectivity index (χ4n) is 1.87. The summed E-state index contributed by atoms with van der Waals surface area (Å²) in [6.07, 6.45) is 0. The first-order chi connectivity index (χ1) is 8.21. The Morgan fingerprint density at radius 1 is 1.44 bits per heavy atom. The fourth-order valence-corrected chi connectivity index (χ4v) is 2.88. The third kappa shape index (κ3) is 4.08. The number of hydrogen-bond donors (Lipinski definition) is 2. The zero-order valence-electron chi connectivity index (χ0n) is 11.4. The van der Waals surface area contributed by atoms with Gasteiger partial charge in [0.15, 0.2) is 0 Å². The Bertz CT molecular complexity index is 328. The third-order valence-corrected chi connectivity index (χ3v) is 4.05. The number of rotatable bonds is 2. The van der Waals surface area contributed by atoms with Gasteiger partial charge in [0.25, 0.3) is 0 Å². The largest absolute Gasteiger partial charge is 0.480 e. The first-order valence-corrected chi connectivity index (χ1v) is 7.16. The minimum absolute atomic E-state index is 0.274. The molecule has 0 aliphatic carbocycles. The van der Waals surface area contributed by atoms with Gasteiger partial charge in [-0.25, -0.2) is 9.59 Å². The number of nitrogens with one attached hydrogen (secondary N) is 1. The summed E-state index contributed by atoms with van der Waals surface area (Å²) in [7, 11) is 0. The lowest BCUT2D eigenvalue weighted by molar-refractivity contribution is -0.142. The Labute approximate surface area is 112 Å². The van der Waals surface area contributed by atoms with Crippen LogP contribution in [0.4, 0.5) is 4.79 Å². The van der Waals surface area contributed by atoms with Gasteiger partial charge in [0.05, 0.1) is 0 Å². The molecule has 5 nitrogen and oxygen atoms in total. The molecule has 2 atom stereocenters. The number of hydrogen-bond acceptors (Lipinski definition) is 3. The highest BCUT2D eigenvalue weighted by atomic mass is 32.2. The monoisotopic (exact) mass is 274 g/mol. The van der Waals surface area contributed by atoms with E-state index in [1.807, 2.05) is 11.8 Å². The predicted octanol–water partition coefficient (Wildman–Crippen LogP) is 1.63. The molecule has 1 aliphatic rings.